The van der Waals surface area contributed by atoms with E-state index in [0.29, 0.717) is 0 Å². The van der Waals surface area contributed by atoms with Crippen LogP contribution in [-0.2, 0) is 15.9 Å². The summed E-state index contributed by atoms with van der Waals surface area (Å²) in [6.07, 6.45) is 6.08. The van der Waals surface area contributed by atoms with E-state index < -0.39 is 0 Å². The molecule has 0 radical (unpaired) electrons. The third-order valence-corrected chi connectivity index (χ3v) is 3.87. The molecule has 0 aliphatic heterocycles. The maximum Gasteiger partial charge on any atom is 0.116 e. The summed E-state index contributed by atoms with van der Waals surface area (Å²) in [6, 6.07) is 7.83. The first-order chi connectivity index (χ1) is 10.7. The molecule has 0 bridgehead atoms. The van der Waals surface area contributed by atoms with Crippen LogP contribution in [0.15, 0.2) is 30.6 Å². The van der Waals surface area contributed by atoms with Crippen LogP contribution in [0.2, 0.25) is 0 Å². The Labute approximate surface area is 129 Å². The van der Waals surface area contributed by atoms with Gasteiger partial charge in [0.2, 0.25) is 0 Å². The van der Waals surface area contributed by atoms with Gasteiger partial charge in [0.1, 0.15) is 18.5 Å². The number of hydrogen-bond acceptors (Lipinski definition) is 5. The summed E-state index contributed by atoms with van der Waals surface area (Å²) in [5.74, 6) is 0. The quantitative estimate of drug-likeness (QED) is 0.820. The molecule has 2 aromatic rings. The van der Waals surface area contributed by atoms with E-state index in [0.717, 1.165) is 33.9 Å². The van der Waals surface area contributed by atoms with Crippen molar-refractivity contribution in [2.24, 2.45) is 0 Å². The molecule has 1 aliphatic rings. The Kier molecular flexibility index (Phi) is 4.18. The standard InChI is InChI=1S/C17H19N3O2/c1-21-16-8-13-14(7-11-3-5-12(18)6-4-11)19-10-20-15(13)9-17(16)22-2/h3-6,8-10,16-17H,7,18H2,1-2H3. The zero-order chi connectivity index (χ0) is 15.5. The van der Waals surface area contributed by atoms with Crippen molar-refractivity contribution >= 4 is 17.8 Å². The van der Waals surface area contributed by atoms with Crippen LogP contribution in [0, 0.1) is 0 Å². The smallest absolute Gasteiger partial charge is 0.116 e. The van der Waals surface area contributed by atoms with Gasteiger partial charge in [-0.3, -0.25) is 0 Å². The molecule has 0 spiro atoms. The lowest BCUT2D eigenvalue weighted by Gasteiger charge is -2.22. The van der Waals surface area contributed by atoms with E-state index in [1.807, 2.05) is 36.4 Å². The lowest BCUT2D eigenvalue weighted by atomic mass is 10.0. The fraction of sp³-hybridized carbons (Fsp3) is 0.294. The second-order valence-corrected chi connectivity index (χ2v) is 5.27. The molecule has 2 N–H and O–H groups in total. The molecule has 1 aliphatic carbocycles. The summed E-state index contributed by atoms with van der Waals surface area (Å²) < 4.78 is 10.9. The van der Waals surface area contributed by atoms with Crippen molar-refractivity contribution in [3.8, 4) is 0 Å². The fourth-order valence-electron chi connectivity index (χ4n) is 2.65. The Bertz CT molecular complexity index is 771. The van der Waals surface area contributed by atoms with Crippen molar-refractivity contribution in [3.63, 3.8) is 0 Å². The first kappa shape index (κ1) is 14.7. The molecule has 3 rings (SSSR count). The van der Waals surface area contributed by atoms with Gasteiger partial charge in [-0.25, -0.2) is 9.97 Å². The van der Waals surface area contributed by atoms with E-state index in [-0.39, 0.29) is 12.2 Å². The number of benzene rings is 1. The number of methoxy groups -OCH3 is 2. The van der Waals surface area contributed by atoms with Gasteiger partial charge in [0.15, 0.2) is 0 Å². The molecule has 2 unspecified atom stereocenters. The molecule has 114 valence electrons. The molecular weight excluding hydrogens is 278 g/mol. The molecular formula is C17H19N3O2. The summed E-state index contributed by atoms with van der Waals surface area (Å²) in [5, 5.41) is 1.90. The van der Waals surface area contributed by atoms with Crippen molar-refractivity contribution in [1.82, 2.24) is 9.97 Å². The van der Waals surface area contributed by atoms with E-state index in [2.05, 4.69) is 9.97 Å². The van der Waals surface area contributed by atoms with Crippen LogP contribution in [0.25, 0.3) is 12.2 Å². The molecule has 5 nitrogen and oxygen atoms in total. The van der Waals surface area contributed by atoms with Crippen LogP contribution in [0.1, 0.15) is 11.3 Å². The molecule has 22 heavy (non-hydrogen) atoms. The summed E-state index contributed by atoms with van der Waals surface area (Å²) in [4.78, 5) is 8.79. The Morgan fingerprint density at radius 3 is 2.36 bits per heavy atom. The normalized spacial score (nSPS) is 19.9. The Morgan fingerprint density at radius 2 is 1.68 bits per heavy atom. The van der Waals surface area contributed by atoms with Crippen molar-refractivity contribution < 1.29 is 9.47 Å². The summed E-state index contributed by atoms with van der Waals surface area (Å²) in [6.45, 7) is 0. The second-order valence-electron chi connectivity index (χ2n) is 5.27. The van der Waals surface area contributed by atoms with Gasteiger partial charge in [-0.1, -0.05) is 12.1 Å². The number of ether oxygens (including phenoxy) is 2. The van der Waals surface area contributed by atoms with Crippen LogP contribution in [-0.4, -0.2) is 36.4 Å². The van der Waals surface area contributed by atoms with E-state index >= 15 is 0 Å². The van der Waals surface area contributed by atoms with Crippen molar-refractivity contribution in [1.29, 1.82) is 0 Å². The minimum atomic E-state index is -0.131. The van der Waals surface area contributed by atoms with Crippen LogP contribution >= 0.6 is 0 Å². The topological polar surface area (TPSA) is 70.3 Å². The maximum atomic E-state index is 5.73. The van der Waals surface area contributed by atoms with Crippen LogP contribution in [0.4, 0.5) is 5.69 Å². The number of aromatic nitrogens is 2. The third-order valence-electron chi connectivity index (χ3n) is 3.87. The first-order valence-electron chi connectivity index (χ1n) is 7.15. The predicted octanol–water partition coefficient (Wildman–Crippen LogP) is 0.254. The third kappa shape index (κ3) is 2.86. The van der Waals surface area contributed by atoms with Gasteiger partial charge >= 0.3 is 0 Å². The molecule has 1 aromatic heterocycles. The Hall–Kier alpha value is -2.24. The monoisotopic (exact) mass is 297 g/mol. The number of nitrogens with zero attached hydrogens (tertiary/aromatic N) is 2. The van der Waals surface area contributed by atoms with E-state index in [1.54, 1.807) is 20.5 Å². The second kappa shape index (κ2) is 6.25. The molecule has 1 heterocycles. The Morgan fingerprint density at radius 1 is 1.00 bits per heavy atom. The van der Waals surface area contributed by atoms with E-state index in [9.17, 15) is 0 Å². The molecule has 5 heteroatoms. The van der Waals surface area contributed by atoms with Crippen LogP contribution in [0.5, 0.6) is 0 Å². The van der Waals surface area contributed by atoms with Gasteiger partial charge in [0.05, 0.1) is 11.0 Å². The first-order valence-corrected chi connectivity index (χ1v) is 7.15. The highest BCUT2D eigenvalue weighted by Crippen LogP contribution is 2.10. The van der Waals surface area contributed by atoms with Gasteiger partial charge in [-0.15, -0.1) is 0 Å². The van der Waals surface area contributed by atoms with E-state index in [4.69, 9.17) is 15.2 Å². The average molecular weight is 297 g/mol. The van der Waals surface area contributed by atoms with Crippen LogP contribution in [0.3, 0.4) is 0 Å². The average Bonchev–Trinajstić information content (AvgIpc) is 2.56. The van der Waals surface area contributed by atoms with Gasteiger partial charge < -0.3 is 15.2 Å². The summed E-state index contributed by atoms with van der Waals surface area (Å²) >= 11 is 0. The molecule has 2 atom stereocenters. The molecule has 1 aromatic carbocycles. The number of hydrogen-bond donors (Lipinski definition) is 1. The fourth-order valence-corrected chi connectivity index (χ4v) is 2.65. The summed E-state index contributed by atoms with van der Waals surface area (Å²) in [5.41, 5.74) is 8.62. The zero-order valence-corrected chi connectivity index (χ0v) is 12.7. The molecule has 0 amide bonds. The highest BCUT2D eigenvalue weighted by atomic mass is 16.5. The minimum Gasteiger partial charge on any atom is -0.399 e. The van der Waals surface area contributed by atoms with Crippen molar-refractivity contribution in [2.75, 3.05) is 20.0 Å². The molecule has 0 fully saturated rings. The molecule has 0 saturated heterocycles. The van der Waals surface area contributed by atoms with Gasteiger partial charge in [0.25, 0.3) is 0 Å². The number of nitrogens with two attached hydrogens (primary N) is 1. The van der Waals surface area contributed by atoms with Crippen molar-refractivity contribution in [2.45, 2.75) is 18.6 Å². The Balaban J connectivity index is 2.03. The van der Waals surface area contributed by atoms with Crippen LogP contribution < -0.4 is 16.3 Å². The van der Waals surface area contributed by atoms with Gasteiger partial charge in [0, 0.05) is 31.5 Å². The predicted molar refractivity (Wildman–Crippen MR) is 85.5 cm³/mol. The minimum absolute atomic E-state index is 0.128. The highest BCUT2D eigenvalue weighted by Gasteiger charge is 2.20. The van der Waals surface area contributed by atoms with Gasteiger partial charge in [-0.2, -0.15) is 0 Å². The SMILES string of the molecule is COC1C=c2ncnc(Cc3ccc(N)cc3)c2=CC1OC. The lowest BCUT2D eigenvalue weighted by Crippen LogP contribution is -2.43. The van der Waals surface area contributed by atoms with Gasteiger partial charge in [-0.05, 0) is 29.8 Å². The highest BCUT2D eigenvalue weighted by molar-refractivity contribution is 5.46. The van der Waals surface area contributed by atoms with Crippen molar-refractivity contribution in [3.05, 3.63) is 52.4 Å². The maximum absolute atomic E-state index is 5.73. The lowest BCUT2D eigenvalue weighted by molar-refractivity contribution is 0.0303. The zero-order valence-electron chi connectivity index (χ0n) is 12.7. The number of rotatable bonds is 4. The summed E-state index contributed by atoms with van der Waals surface area (Å²) in [7, 11) is 3.35. The number of nitrogen functional groups attached to an aromatic ring is 1. The molecule has 0 saturated carbocycles. The number of anilines is 1. The number of fused-ring (bicyclic) bond motifs is 1. The largest absolute Gasteiger partial charge is 0.399 e. The van der Waals surface area contributed by atoms with E-state index in [1.165, 1.54) is 0 Å².